The zero-order valence-electron chi connectivity index (χ0n) is 15.1. The fraction of sp³-hybridized carbons (Fsp3) is 0.250. The quantitative estimate of drug-likeness (QED) is 0.711. The van der Waals surface area contributed by atoms with Crippen LogP contribution in [0.25, 0.3) is 10.8 Å². The molecular formula is C20H22N4O2. The Kier molecular flexibility index (Phi) is 5.31. The predicted molar refractivity (Wildman–Crippen MR) is 103 cm³/mol. The highest BCUT2D eigenvalue weighted by atomic mass is 16.5. The molecule has 3 aromatic rings. The number of fused-ring (bicyclic) bond motifs is 1. The van der Waals surface area contributed by atoms with Crippen LogP contribution in [0.4, 0.5) is 5.95 Å². The van der Waals surface area contributed by atoms with Gasteiger partial charge in [0.05, 0.1) is 18.7 Å². The van der Waals surface area contributed by atoms with E-state index in [2.05, 4.69) is 26.7 Å². The van der Waals surface area contributed by atoms with E-state index in [9.17, 15) is 4.79 Å². The molecule has 0 saturated carbocycles. The van der Waals surface area contributed by atoms with Crippen molar-refractivity contribution in [1.29, 1.82) is 0 Å². The molecule has 0 fully saturated rings. The van der Waals surface area contributed by atoms with Crippen molar-refractivity contribution in [1.82, 2.24) is 15.3 Å². The fourth-order valence-corrected chi connectivity index (χ4v) is 2.70. The normalized spacial score (nSPS) is 11.8. The maximum absolute atomic E-state index is 12.4. The summed E-state index contributed by atoms with van der Waals surface area (Å²) >= 11 is 0. The number of methoxy groups -OCH3 is 1. The number of amides is 1. The van der Waals surface area contributed by atoms with Gasteiger partial charge in [-0.05, 0) is 48.4 Å². The van der Waals surface area contributed by atoms with Gasteiger partial charge < -0.3 is 15.4 Å². The molecule has 0 saturated heterocycles. The lowest BCUT2D eigenvalue weighted by Gasteiger charge is -2.15. The molecule has 26 heavy (non-hydrogen) atoms. The van der Waals surface area contributed by atoms with Gasteiger partial charge in [-0.25, -0.2) is 9.97 Å². The minimum atomic E-state index is -0.199. The van der Waals surface area contributed by atoms with Gasteiger partial charge in [0.25, 0.3) is 5.91 Å². The summed E-state index contributed by atoms with van der Waals surface area (Å²) in [6.45, 7) is 4.65. The lowest BCUT2D eigenvalue weighted by atomic mass is 10.0. The number of carbonyl (C=O) groups is 1. The van der Waals surface area contributed by atoms with Crippen LogP contribution in [0.1, 0.15) is 35.8 Å². The molecule has 0 aliphatic rings. The molecule has 0 radical (unpaired) electrons. The van der Waals surface area contributed by atoms with Gasteiger partial charge in [0.2, 0.25) is 5.95 Å². The van der Waals surface area contributed by atoms with E-state index in [1.807, 2.05) is 44.2 Å². The molecule has 6 nitrogen and oxygen atoms in total. The van der Waals surface area contributed by atoms with Crippen LogP contribution in [-0.4, -0.2) is 29.5 Å². The summed E-state index contributed by atoms with van der Waals surface area (Å²) in [6, 6.07) is 11.9. The maximum Gasteiger partial charge on any atom is 0.254 e. The van der Waals surface area contributed by atoms with Crippen molar-refractivity contribution in [3.63, 3.8) is 0 Å². The Labute approximate surface area is 152 Å². The van der Waals surface area contributed by atoms with Gasteiger partial charge in [-0.2, -0.15) is 0 Å². The topological polar surface area (TPSA) is 76.1 Å². The molecule has 1 aromatic heterocycles. The van der Waals surface area contributed by atoms with Crippen LogP contribution in [-0.2, 0) is 0 Å². The highest BCUT2D eigenvalue weighted by molar-refractivity contribution is 5.94. The first-order valence-corrected chi connectivity index (χ1v) is 8.55. The van der Waals surface area contributed by atoms with Gasteiger partial charge in [0, 0.05) is 18.9 Å². The first-order chi connectivity index (χ1) is 12.6. The van der Waals surface area contributed by atoms with Gasteiger partial charge in [-0.3, -0.25) is 4.79 Å². The van der Waals surface area contributed by atoms with Crippen LogP contribution < -0.4 is 15.4 Å². The zero-order valence-corrected chi connectivity index (χ0v) is 15.1. The van der Waals surface area contributed by atoms with E-state index in [1.165, 1.54) is 12.4 Å². The molecule has 2 aromatic carbocycles. The molecule has 0 unspecified atom stereocenters. The second-order valence-electron chi connectivity index (χ2n) is 5.99. The van der Waals surface area contributed by atoms with E-state index in [1.54, 1.807) is 7.11 Å². The summed E-state index contributed by atoms with van der Waals surface area (Å²) in [5, 5.41) is 8.19. The Bertz CT molecular complexity index is 909. The van der Waals surface area contributed by atoms with Crippen LogP contribution in [0.2, 0.25) is 0 Å². The van der Waals surface area contributed by atoms with Crippen LogP contribution in [0.3, 0.4) is 0 Å². The Morgan fingerprint density at radius 3 is 2.50 bits per heavy atom. The van der Waals surface area contributed by atoms with Crippen molar-refractivity contribution in [3.8, 4) is 5.75 Å². The first kappa shape index (κ1) is 17.7. The van der Waals surface area contributed by atoms with Crippen molar-refractivity contribution < 1.29 is 9.53 Å². The Morgan fingerprint density at radius 2 is 1.81 bits per heavy atom. The van der Waals surface area contributed by atoms with Crippen LogP contribution in [0.15, 0.2) is 48.8 Å². The summed E-state index contributed by atoms with van der Waals surface area (Å²) in [4.78, 5) is 20.7. The van der Waals surface area contributed by atoms with E-state index >= 15 is 0 Å². The number of carbonyl (C=O) groups excluding carboxylic acids is 1. The van der Waals surface area contributed by atoms with Gasteiger partial charge in [-0.1, -0.05) is 18.2 Å². The number of ether oxygens (including phenoxy) is 1. The summed E-state index contributed by atoms with van der Waals surface area (Å²) in [5.74, 6) is 1.14. The average molecular weight is 350 g/mol. The van der Waals surface area contributed by atoms with Gasteiger partial charge in [-0.15, -0.1) is 0 Å². The van der Waals surface area contributed by atoms with Crippen LogP contribution in [0.5, 0.6) is 5.75 Å². The van der Waals surface area contributed by atoms with Gasteiger partial charge in [0.15, 0.2) is 0 Å². The maximum atomic E-state index is 12.4. The average Bonchev–Trinajstić information content (AvgIpc) is 2.67. The van der Waals surface area contributed by atoms with E-state index in [-0.39, 0.29) is 11.9 Å². The molecule has 2 N–H and O–H groups in total. The van der Waals surface area contributed by atoms with E-state index < -0.39 is 0 Å². The number of rotatable bonds is 6. The number of nitrogens with one attached hydrogen (secondary N) is 2. The molecule has 1 atom stereocenters. The van der Waals surface area contributed by atoms with Crippen molar-refractivity contribution in [2.75, 3.05) is 19.0 Å². The summed E-state index contributed by atoms with van der Waals surface area (Å²) < 4.78 is 5.25. The molecule has 0 bridgehead atoms. The monoisotopic (exact) mass is 350 g/mol. The smallest absolute Gasteiger partial charge is 0.254 e. The standard InChI is InChI=1S/C20H22N4O2/c1-4-21-20-22-11-17(12-23-20)19(25)24-13(2)14-5-6-16-10-18(26-3)8-7-15(16)9-14/h5-13H,4H2,1-3H3,(H,24,25)(H,21,22,23)/t13-/m0/s1. The van der Waals surface area contributed by atoms with Crippen LogP contribution in [0, 0.1) is 0 Å². The third-order valence-corrected chi connectivity index (χ3v) is 4.17. The number of anilines is 1. The third-order valence-electron chi connectivity index (χ3n) is 4.17. The second-order valence-corrected chi connectivity index (χ2v) is 5.99. The largest absolute Gasteiger partial charge is 0.497 e. The number of hydrogen-bond donors (Lipinski definition) is 2. The summed E-state index contributed by atoms with van der Waals surface area (Å²) in [5.41, 5.74) is 1.46. The molecule has 1 amide bonds. The zero-order chi connectivity index (χ0) is 18.5. The van der Waals surface area contributed by atoms with E-state index in [0.29, 0.717) is 11.5 Å². The molecule has 3 rings (SSSR count). The summed E-state index contributed by atoms with van der Waals surface area (Å²) in [7, 11) is 1.65. The fourth-order valence-electron chi connectivity index (χ4n) is 2.70. The number of nitrogens with zero attached hydrogens (tertiary/aromatic N) is 2. The molecule has 0 aliphatic carbocycles. The minimum absolute atomic E-state index is 0.137. The Hall–Kier alpha value is -3.15. The van der Waals surface area contributed by atoms with E-state index in [4.69, 9.17) is 4.74 Å². The SMILES string of the molecule is CCNc1ncc(C(=O)N[C@@H](C)c2ccc3cc(OC)ccc3c2)cn1. The highest BCUT2D eigenvalue weighted by Crippen LogP contribution is 2.24. The second kappa shape index (κ2) is 7.82. The highest BCUT2D eigenvalue weighted by Gasteiger charge is 2.13. The predicted octanol–water partition coefficient (Wildman–Crippen LogP) is 3.56. The molecular weight excluding hydrogens is 328 g/mol. The van der Waals surface area contributed by atoms with Gasteiger partial charge in [0.1, 0.15) is 5.75 Å². The molecule has 1 heterocycles. The van der Waals surface area contributed by atoms with Gasteiger partial charge >= 0.3 is 0 Å². The number of benzene rings is 2. The van der Waals surface area contributed by atoms with Crippen molar-refractivity contribution in [2.45, 2.75) is 19.9 Å². The molecule has 0 spiro atoms. The third kappa shape index (κ3) is 3.91. The molecule has 0 aliphatic heterocycles. The van der Waals surface area contributed by atoms with Crippen molar-refractivity contribution >= 4 is 22.6 Å². The summed E-state index contributed by atoms with van der Waals surface area (Å²) in [6.07, 6.45) is 3.05. The molecule has 6 heteroatoms. The first-order valence-electron chi connectivity index (χ1n) is 8.55. The minimum Gasteiger partial charge on any atom is -0.497 e. The Balaban J connectivity index is 1.73. The molecule has 134 valence electrons. The lowest BCUT2D eigenvalue weighted by Crippen LogP contribution is -2.27. The van der Waals surface area contributed by atoms with E-state index in [0.717, 1.165) is 28.6 Å². The number of aromatic nitrogens is 2. The van der Waals surface area contributed by atoms with Crippen LogP contribution >= 0.6 is 0 Å². The number of hydrogen-bond acceptors (Lipinski definition) is 5. The van der Waals surface area contributed by atoms with Crippen molar-refractivity contribution in [3.05, 3.63) is 59.9 Å². The van der Waals surface area contributed by atoms with Crippen molar-refractivity contribution in [2.24, 2.45) is 0 Å². The lowest BCUT2D eigenvalue weighted by molar-refractivity contribution is 0.0939. The Morgan fingerprint density at radius 1 is 1.12 bits per heavy atom.